The zero-order valence-corrected chi connectivity index (χ0v) is 36.3. The van der Waals surface area contributed by atoms with E-state index >= 15 is 0 Å². The van der Waals surface area contributed by atoms with E-state index in [4.69, 9.17) is 23.9 Å². The van der Waals surface area contributed by atoms with Gasteiger partial charge < -0.3 is 50.0 Å². The maximum absolute atomic E-state index is 14.8. The van der Waals surface area contributed by atoms with E-state index in [0.29, 0.717) is 24.7 Å². The van der Waals surface area contributed by atoms with Crippen LogP contribution in [0.4, 0.5) is 0 Å². The van der Waals surface area contributed by atoms with Gasteiger partial charge in [-0.3, -0.25) is 24.3 Å². The predicted octanol–water partition coefficient (Wildman–Crippen LogP) is 3.81. The summed E-state index contributed by atoms with van der Waals surface area (Å²) in [6.07, 6.45) is 5.44. The fraction of sp³-hybridized carbons (Fsp3) is 0.600. The van der Waals surface area contributed by atoms with Gasteiger partial charge in [0.2, 0.25) is 5.78 Å². The van der Waals surface area contributed by atoms with Crippen molar-refractivity contribution in [2.24, 2.45) is 28.7 Å². The molecule has 328 valence electrons. The molecule has 6 N–H and O–H groups in total. The van der Waals surface area contributed by atoms with Crippen molar-refractivity contribution in [2.45, 2.75) is 123 Å². The first-order chi connectivity index (χ1) is 28.3. The van der Waals surface area contributed by atoms with E-state index in [1.165, 1.54) is 27.2 Å². The van der Waals surface area contributed by atoms with E-state index in [1.54, 1.807) is 65.8 Å². The minimum Gasteiger partial charge on any atom is -0.507 e. The first kappa shape index (κ1) is 45.0. The van der Waals surface area contributed by atoms with Crippen molar-refractivity contribution >= 4 is 23.2 Å². The summed E-state index contributed by atoms with van der Waals surface area (Å²) in [6.45, 7) is 13.8. The summed E-state index contributed by atoms with van der Waals surface area (Å²) in [5, 5.41) is 52.9. The molecule has 1 aliphatic carbocycles. The number of hydrogen-bond acceptors (Lipinski definition) is 15. The summed E-state index contributed by atoms with van der Waals surface area (Å²) in [4.78, 5) is 49.3. The summed E-state index contributed by atoms with van der Waals surface area (Å²) in [6, 6.07) is 0.439. The van der Waals surface area contributed by atoms with Gasteiger partial charge in [0.25, 0.3) is 5.78 Å². The van der Waals surface area contributed by atoms with Crippen LogP contribution in [0, 0.1) is 30.6 Å². The lowest BCUT2D eigenvalue weighted by Crippen LogP contribution is -2.46. The molecule has 0 saturated carbocycles. The lowest BCUT2D eigenvalue weighted by molar-refractivity contribution is -0.160. The Balaban J connectivity index is 1.51. The number of benzene rings is 1. The maximum Gasteiger partial charge on any atom is 0.312 e. The highest BCUT2D eigenvalue weighted by atomic mass is 16.7. The first-order valence-corrected chi connectivity index (χ1v) is 21.0. The highest BCUT2D eigenvalue weighted by Crippen LogP contribution is 2.49. The molecule has 1 saturated heterocycles. The number of likely N-dealkylation sites (N-methyl/N-ethyl adjacent to an activating group) is 1. The third-order valence-corrected chi connectivity index (χ3v) is 13.3. The summed E-state index contributed by atoms with van der Waals surface area (Å²) in [5.74, 6) is -6.44. The number of carbonyl (C=O) groups excluding carboxylic acids is 3. The van der Waals surface area contributed by atoms with Gasteiger partial charge >= 0.3 is 11.8 Å². The van der Waals surface area contributed by atoms with Crippen LogP contribution in [0.15, 0.2) is 52.5 Å². The second-order valence-corrected chi connectivity index (χ2v) is 17.3. The van der Waals surface area contributed by atoms with Crippen LogP contribution in [0.3, 0.4) is 0 Å². The van der Waals surface area contributed by atoms with E-state index in [9.17, 15) is 34.8 Å². The molecular formula is C45H62N4O11. The van der Waals surface area contributed by atoms with E-state index in [-0.39, 0.29) is 51.2 Å². The number of nitrogens with zero attached hydrogens (tertiary/aromatic N) is 2. The van der Waals surface area contributed by atoms with Gasteiger partial charge in [0.15, 0.2) is 0 Å². The van der Waals surface area contributed by atoms with Crippen molar-refractivity contribution in [3.8, 4) is 11.5 Å². The van der Waals surface area contributed by atoms with Crippen molar-refractivity contribution in [3.63, 3.8) is 0 Å². The van der Waals surface area contributed by atoms with Gasteiger partial charge in [0.1, 0.15) is 29.5 Å². The van der Waals surface area contributed by atoms with E-state index in [0.717, 1.165) is 19.3 Å². The lowest BCUT2D eigenvalue weighted by Gasteiger charge is -2.38. The van der Waals surface area contributed by atoms with Crippen LogP contribution in [0.2, 0.25) is 0 Å². The Bertz CT molecular complexity index is 2020. The van der Waals surface area contributed by atoms with Gasteiger partial charge in [-0.15, -0.1) is 0 Å². The molecule has 4 aliphatic heterocycles. The Labute approximate surface area is 352 Å². The molecule has 0 radical (unpaired) electrons. The van der Waals surface area contributed by atoms with Crippen molar-refractivity contribution in [1.29, 1.82) is 0 Å². The molecule has 15 nitrogen and oxygen atoms in total. The number of aliphatic hydroxyl groups is 3. The number of carbonyl (C=O) groups is 3. The lowest BCUT2D eigenvalue weighted by atomic mass is 9.78. The molecule has 0 aromatic heterocycles. The number of ketones is 2. The number of nitrogens with one attached hydrogen (secondary N) is 2. The van der Waals surface area contributed by atoms with Crippen molar-refractivity contribution in [3.05, 3.63) is 69.8 Å². The molecular weight excluding hydrogens is 773 g/mol. The number of phenols is 1. The molecule has 4 heterocycles. The third-order valence-electron chi connectivity index (χ3n) is 13.3. The molecule has 0 spiro atoms. The average Bonchev–Trinajstić information content (AvgIpc) is 3.68. The molecule has 6 rings (SSSR count). The Morgan fingerprint density at radius 3 is 2.33 bits per heavy atom. The van der Waals surface area contributed by atoms with Crippen LogP contribution < -0.4 is 15.4 Å². The number of rotatable bonds is 2. The molecule has 5 aliphatic rings. The number of phenolic OH excluding ortho intramolecular Hbond substituents is 1. The van der Waals surface area contributed by atoms with Gasteiger partial charge in [0.05, 0.1) is 47.1 Å². The van der Waals surface area contributed by atoms with Crippen LogP contribution in [0.25, 0.3) is 0 Å². The smallest absolute Gasteiger partial charge is 0.312 e. The van der Waals surface area contributed by atoms with Gasteiger partial charge in [-0.05, 0) is 51.8 Å². The third kappa shape index (κ3) is 8.26. The van der Waals surface area contributed by atoms with Crippen LogP contribution >= 0.6 is 0 Å². The zero-order valence-electron chi connectivity index (χ0n) is 36.3. The second-order valence-electron chi connectivity index (χ2n) is 17.3. The predicted molar refractivity (Wildman–Crippen MR) is 223 cm³/mol. The summed E-state index contributed by atoms with van der Waals surface area (Å²) >= 11 is 0. The Morgan fingerprint density at radius 1 is 0.950 bits per heavy atom. The highest BCUT2D eigenvalue weighted by molar-refractivity contribution is 6.33. The SMILES string of the molecule is CO[C@H]1/C=C/O[C@@]2(C)Oc3c(C)c(O)c4c(c3C2=O)/C2=N/CCC3CC[C@@H](CNC2=C(NC(O)/C(C)=C\C=C\[C@H](C)[C@H](O)[C@@H](C)[C@@H](O)[C@@H](C)[C@H](OC(C)=O)[C@@H]1C)C4=O)N3C. The number of allylic oxidation sites excluding steroid dienone is 4. The van der Waals surface area contributed by atoms with E-state index < -0.39 is 83.4 Å². The fourth-order valence-electron chi connectivity index (χ4n) is 9.35. The van der Waals surface area contributed by atoms with Crippen molar-refractivity contribution in [1.82, 2.24) is 15.5 Å². The maximum atomic E-state index is 14.8. The number of fused-ring (bicyclic) bond motifs is 5. The molecule has 1 fully saturated rings. The number of hydrogen-bond donors (Lipinski definition) is 6. The number of aliphatic imine (C=N–C) groups is 1. The number of methoxy groups -OCH3 is 1. The average molecular weight is 835 g/mol. The Hall–Kier alpha value is -4.54. The Kier molecular flexibility index (Phi) is 13.4. The van der Waals surface area contributed by atoms with Gasteiger partial charge in [0, 0.05) is 80.9 Å². The fourth-order valence-corrected chi connectivity index (χ4v) is 9.35. The molecule has 0 amide bonds. The normalized spacial score (nSPS) is 38.2. The standard InChI is InChI=1S/C45H62N4O11/c1-21-12-11-13-22(2)44(56)48-36-35-34(46-18-16-28-14-15-29(20-47-35)49(28)9)31-32(40(36)54)39(53)26(6)42-33(31)43(55)45(8,60-42)58-19-17-30(57-10)23(3)41(59-27(7)50)25(5)38(52)24(4)37(21)51/h11-13,17,19,21,23-25,28-30,37-38,41,44,47-48,51-53,56H,14-16,18,20H2,1-10H3/b12-11+,19-17+,22-13-,46-34-/t21-,23+,24+,25+,28?,29-,30-,37-,38+,41+,44?,45-/m0/s1. The zero-order chi connectivity index (χ0) is 44.0. The minimum atomic E-state index is -1.95. The van der Waals surface area contributed by atoms with Crippen LogP contribution in [-0.2, 0) is 19.0 Å². The van der Waals surface area contributed by atoms with Crippen molar-refractivity contribution in [2.75, 3.05) is 27.2 Å². The van der Waals surface area contributed by atoms with Crippen molar-refractivity contribution < 1.29 is 53.8 Å². The highest BCUT2D eigenvalue weighted by Gasteiger charge is 2.52. The quantitative estimate of drug-likeness (QED) is 0.235. The first-order valence-electron chi connectivity index (χ1n) is 21.0. The van der Waals surface area contributed by atoms with Crippen LogP contribution in [-0.4, -0.2) is 124 Å². The summed E-state index contributed by atoms with van der Waals surface area (Å²) in [5.41, 5.74) is 1.13. The molecule has 60 heavy (non-hydrogen) atoms. The second kappa shape index (κ2) is 17.8. The monoisotopic (exact) mass is 834 g/mol. The topological polar surface area (TPSA) is 209 Å². The molecule has 15 heteroatoms. The van der Waals surface area contributed by atoms with Crippen LogP contribution in [0.5, 0.6) is 11.5 Å². The molecule has 1 aromatic carbocycles. The van der Waals surface area contributed by atoms with Crippen LogP contribution in [0.1, 0.15) is 99.6 Å². The number of aliphatic hydroxyl groups excluding tert-OH is 3. The number of aromatic hydroxyl groups is 1. The molecule has 2 unspecified atom stereocenters. The molecule has 7 bridgehead atoms. The summed E-state index contributed by atoms with van der Waals surface area (Å²) < 4.78 is 24.0. The Morgan fingerprint density at radius 2 is 1.65 bits per heavy atom. The molecule has 12 atom stereocenters. The summed E-state index contributed by atoms with van der Waals surface area (Å²) in [7, 11) is 3.55. The molecule has 1 aromatic rings. The number of esters is 1. The number of Topliss-reactive ketones (excluding diaryl/α,β-unsaturated/α-hetero) is 2. The van der Waals surface area contributed by atoms with Gasteiger partial charge in [-0.1, -0.05) is 45.9 Å². The number of ether oxygens (including phenoxy) is 4. The van der Waals surface area contributed by atoms with E-state index in [1.807, 2.05) is 0 Å². The van der Waals surface area contributed by atoms with Gasteiger partial charge in [-0.2, -0.15) is 0 Å². The minimum absolute atomic E-state index is 0.0202. The van der Waals surface area contributed by atoms with Gasteiger partial charge in [-0.25, -0.2) is 0 Å². The largest absolute Gasteiger partial charge is 0.507 e. The van der Waals surface area contributed by atoms with E-state index in [2.05, 4.69) is 22.6 Å².